The molecular formula is C25H40N6O7. The van der Waals surface area contributed by atoms with Crippen molar-refractivity contribution in [2.75, 3.05) is 6.54 Å². The number of carboxylic acids is 1. The number of carboxylic acid groups (broad SMARTS) is 1. The van der Waals surface area contributed by atoms with E-state index in [4.69, 9.17) is 17.2 Å². The number of phenolic OH excluding ortho intramolecular Hbond substituents is 1. The summed E-state index contributed by atoms with van der Waals surface area (Å²) in [5.74, 6) is -4.54. The lowest BCUT2D eigenvalue weighted by molar-refractivity contribution is -0.142. The van der Waals surface area contributed by atoms with Gasteiger partial charge in [0, 0.05) is 6.42 Å². The molecule has 0 saturated heterocycles. The van der Waals surface area contributed by atoms with Gasteiger partial charge in [-0.25, -0.2) is 4.79 Å². The number of hydrogen-bond acceptors (Lipinski definition) is 8. The number of aromatic hydroxyl groups is 1. The Labute approximate surface area is 221 Å². The van der Waals surface area contributed by atoms with Gasteiger partial charge in [0.1, 0.15) is 23.9 Å². The Kier molecular flexibility index (Phi) is 13.8. The van der Waals surface area contributed by atoms with Crippen LogP contribution in [0.25, 0.3) is 0 Å². The predicted octanol–water partition coefficient (Wildman–Crippen LogP) is -1.15. The van der Waals surface area contributed by atoms with Gasteiger partial charge in [-0.2, -0.15) is 0 Å². The topological polar surface area (TPSA) is 240 Å². The molecule has 4 amide bonds. The van der Waals surface area contributed by atoms with Crippen LogP contribution in [0, 0.1) is 5.92 Å². The molecule has 0 spiro atoms. The summed E-state index contributed by atoms with van der Waals surface area (Å²) in [4.78, 5) is 61.8. The van der Waals surface area contributed by atoms with E-state index in [0.29, 0.717) is 31.4 Å². The third kappa shape index (κ3) is 11.1. The van der Waals surface area contributed by atoms with Gasteiger partial charge in [0.25, 0.3) is 0 Å². The second-order valence-corrected chi connectivity index (χ2v) is 9.26. The fourth-order valence-electron chi connectivity index (χ4n) is 3.63. The summed E-state index contributed by atoms with van der Waals surface area (Å²) in [5.41, 5.74) is 16.9. The summed E-state index contributed by atoms with van der Waals surface area (Å²) in [7, 11) is 0. The number of rotatable bonds is 17. The molecule has 13 heteroatoms. The van der Waals surface area contributed by atoms with Crippen molar-refractivity contribution in [3.8, 4) is 5.75 Å². The molecule has 1 aromatic rings. The van der Waals surface area contributed by atoms with Crippen LogP contribution >= 0.6 is 0 Å². The first kappa shape index (κ1) is 32.3. The van der Waals surface area contributed by atoms with E-state index in [1.54, 1.807) is 26.0 Å². The summed E-state index contributed by atoms with van der Waals surface area (Å²) in [6, 6.07) is 1.22. The Bertz CT molecular complexity index is 956. The SMILES string of the molecule is CCC(C)C(NC(=O)C(N)CC(N)=O)C(=O)NC(Cc1ccc(O)cc1)C(=O)NC(CCCCN)C(=O)O. The number of phenols is 1. The van der Waals surface area contributed by atoms with Crippen LogP contribution in [0.3, 0.4) is 0 Å². The van der Waals surface area contributed by atoms with E-state index in [1.807, 2.05) is 0 Å². The van der Waals surface area contributed by atoms with Crippen molar-refractivity contribution in [2.24, 2.45) is 23.1 Å². The predicted molar refractivity (Wildman–Crippen MR) is 139 cm³/mol. The van der Waals surface area contributed by atoms with Crippen LogP contribution in [0.5, 0.6) is 5.75 Å². The van der Waals surface area contributed by atoms with Crippen molar-refractivity contribution in [2.45, 2.75) is 76.5 Å². The molecule has 0 bridgehead atoms. The van der Waals surface area contributed by atoms with Crippen LogP contribution in [0.15, 0.2) is 24.3 Å². The monoisotopic (exact) mass is 536 g/mol. The largest absolute Gasteiger partial charge is 0.508 e. The van der Waals surface area contributed by atoms with Crippen molar-refractivity contribution in [1.82, 2.24) is 16.0 Å². The highest BCUT2D eigenvalue weighted by molar-refractivity contribution is 5.95. The average Bonchev–Trinajstić information content (AvgIpc) is 2.86. The number of primary amides is 1. The van der Waals surface area contributed by atoms with E-state index in [1.165, 1.54) is 12.1 Å². The molecule has 0 saturated carbocycles. The van der Waals surface area contributed by atoms with Crippen LogP contribution < -0.4 is 33.2 Å². The number of unbranched alkanes of at least 4 members (excludes halogenated alkanes) is 1. The second kappa shape index (κ2) is 16.2. The maximum atomic E-state index is 13.3. The molecule has 212 valence electrons. The fourth-order valence-corrected chi connectivity index (χ4v) is 3.63. The zero-order chi connectivity index (χ0) is 28.8. The third-order valence-corrected chi connectivity index (χ3v) is 6.12. The Morgan fingerprint density at radius 2 is 1.53 bits per heavy atom. The standard InChI is InChI=1S/C25H40N6O7/c1-3-14(2)21(31-22(34)17(27)13-20(28)33)24(36)30-19(12-15-7-9-16(32)10-8-15)23(35)29-18(25(37)38)6-4-5-11-26/h7-10,14,17-19,21,32H,3-6,11-13,26-27H2,1-2H3,(H2,28,33)(H,29,35)(H,30,36)(H,31,34)(H,37,38). The molecule has 13 nitrogen and oxygen atoms in total. The summed E-state index contributed by atoms with van der Waals surface area (Å²) in [5, 5.41) is 26.7. The maximum absolute atomic E-state index is 13.3. The number of amides is 4. The zero-order valence-electron chi connectivity index (χ0n) is 21.8. The first-order chi connectivity index (χ1) is 17.9. The van der Waals surface area contributed by atoms with E-state index in [9.17, 15) is 34.2 Å². The Hall–Kier alpha value is -3.71. The summed E-state index contributed by atoms with van der Waals surface area (Å²) in [6.45, 7) is 3.91. The van der Waals surface area contributed by atoms with Gasteiger partial charge in [-0.15, -0.1) is 0 Å². The van der Waals surface area contributed by atoms with Crippen molar-refractivity contribution in [3.05, 3.63) is 29.8 Å². The molecule has 0 fully saturated rings. The molecular weight excluding hydrogens is 496 g/mol. The van der Waals surface area contributed by atoms with Gasteiger partial charge in [-0.3, -0.25) is 19.2 Å². The van der Waals surface area contributed by atoms with E-state index < -0.39 is 60.2 Å². The molecule has 1 aromatic carbocycles. The average molecular weight is 537 g/mol. The number of hydrogen-bond donors (Lipinski definition) is 8. The minimum atomic E-state index is -1.26. The molecule has 0 aliphatic rings. The van der Waals surface area contributed by atoms with Crippen LogP contribution in [0.4, 0.5) is 0 Å². The van der Waals surface area contributed by atoms with Gasteiger partial charge < -0.3 is 43.4 Å². The van der Waals surface area contributed by atoms with Crippen LogP contribution in [0.1, 0.15) is 51.5 Å². The number of aliphatic carboxylic acids is 1. The molecule has 0 aliphatic heterocycles. The minimum absolute atomic E-state index is 0.0106. The van der Waals surface area contributed by atoms with Gasteiger partial charge in [0.05, 0.1) is 12.5 Å². The van der Waals surface area contributed by atoms with Crippen molar-refractivity contribution >= 4 is 29.6 Å². The molecule has 5 unspecified atom stereocenters. The highest BCUT2D eigenvalue weighted by atomic mass is 16.4. The number of benzene rings is 1. The molecule has 0 radical (unpaired) electrons. The number of carbonyl (C=O) groups excluding carboxylic acids is 4. The number of nitrogens with two attached hydrogens (primary N) is 3. The Morgan fingerprint density at radius 1 is 0.921 bits per heavy atom. The Morgan fingerprint density at radius 3 is 2.05 bits per heavy atom. The van der Waals surface area contributed by atoms with Crippen LogP contribution in [-0.2, 0) is 30.4 Å². The quantitative estimate of drug-likeness (QED) is 0.112. The van der Waals surface area contributed by atoms with E-state index in [2.05, 4.69) is 16.0 Å². The van der Waals surface area contributed by atoms with Crippen molar-refractivity contribution in [1.29, 1.82) is 0 Å². The lowest BCUT2D eigenvalue weighted by atomic mass is 9.96. The number of nitrogens with one attached hydrogen (secondary N) is 3. The van der Waals surface area contributed by atoms with Gasteiger partial charge in [0.15, 0.2) is 0 Å². The second-order valence-electron chi connectivity index (χ2n) is 9.26. The van der Waals surface area contributed by atoms with Gasteiger partial charge in [0.2, 0.25) is 23.6 Å². The number of carbonyl (C=O) groups is 5. The minimum Gasteiger partial charge on any atom is -0.508 e. The van der Waals surface area contributed by atoms with Gasteiger partial charge in [-0.05, 0) is 49.4 Å². The highest BCUT2D eigenvalue weighted by Gasteiger charge is 2.32. The maximum Gasteiger partial charge on any atom is 0.326 e. The molecule has 0 aromatic heterocycles. The van der Waals surface area contributed by atoms with E-state index >= 15 is 0 Å². The molecule has 11 N–H and O–H groups in total. The zero-order valence-corrected chi connectivity index (χ0v) is 21.8. The van der Waals surface area contributed by atoms with E-state index in [-0.39, 0.29) is 24.5 Å². The first-order valence-corrected chi connectivity index (χ1v) is 12.5. The van der Waals surface area contributed by atoms with Crippen molar-refractivity contribution < 1.29 is 34.2 Å². The van der Waals surface area contributed by atoms with Crippen LogP contribution in [-0.4, -0.2) is 70.5 Å². The smallest absolute Gasteiger partial charge is 0.326 e. The fraction of sp³-hybridized carbons (Fsp3) is 0.560. The van der Waals surface area contributed by atoms with Crippen molar-refractivity contribution in [3.63, 3.8) is 0 Å². The first-order valence-electron chi connectivity index (χ1n) is 12.5. The normalized spacial score (nSPS) is 14.8. The van der Waals surface area contributed by atoms with Gasteiger partial charge in [-0.1, -0.05) is 32.4 Å². The lowest BCUT2D eigenvalue weighted by Gasteiger charge is -2.28. The summed E-state index contributed by atoms with van der Waals surface area (Å²) in [6.07, 6.45) is 1.28. The highest BCUT2D eigenvalue weighted by Crippen LogP contribution is 2.14. The van der Waals surface area contributed by atoms with Crippen LogP contribution in [0.2, 0.25) is 0 Å². The Balaban J connectivity index is 3.16. The molecule has 5 atom stereocenters. The van der Waals surface area contributed by atoms with Gasteiger partial charge >= 0.3 is 5.97 Å². The molecule has 0 heterocycles. The third-order valence-electron chi connectivity index (χ3n) is 6.12. The molecule has 1 rings (SSSR count). The lowest BCUT2D eigenvalue weighted by Crippen LogP contribution is -2.59. The molecule has 38 heavy (non-hydrogen) atoms. The van der Waals surface area contributed by atoms with E-state index in [0.717, 1.165) is 0 Å². The summed E-state index contributed by atoms with van der Waals surface area (Å²) < 4.78 is 0. The summed E-state index contributed by atoms with van der Waals surface area (Å²) >= 11 is 0. The molecule has 0 aliphatic carbocycles.